The summed E-state index contributed by atoms with van der Waals surface area (Å²) in [5, 5.41) is 0. The van der Waals surface area contributed by atoms with E-state index in [4.69, 9.17) is 5.73 Å². The zero-order chi connectivity index (χ0) is 7.78. The molecule has 1 nitrogen and oxygen atoms in total. The van der Waals surface area contributed by atoms with E-state index < -0.39 is 0 Å². The summed E-state index contributed by atoms with van der Waals surface area (Å²) in [6, 6.07) is 0. The van der Waals surface area contributed by atoms with E-state index in [0.29, 0.717) is 0 Å². The highest BCUT2D eigenvalue weighted by Crippen LogP contribution is 2.33. The minimum absolute atomic E-state index is 0. The average Bonchev–Trinajstić information content (AvgIpc) is 1.54. The fourth-order valence-corrected chi connectivity index (χ4v) is 2.53. The lowest BCUT2D eigenvalue weighted by atomic mass is 9.73. The Morgan fingerprint density at radius 1 is 1.18 bits per heavy atom. The van der Waals surface area contributed by atoms with E-state index >= 15 is 0 Å². The lowest BCUT2D eigenvalue weighted by molar-refractivity contribution is 0.198. The first-order valence-electron chi connectivity index (χ1n) is 4.28. The molecule has 0 spiro atoms. The number of halogens is 1. The maximum Gasteiger partial charge on any atom is 0.0131 e. The minimum atomic E-state index is 0. The Labute approximate surface area is 76.1 Å². The highest BCUT2D eigenvalue weighted by molar-refractivity contribution is 5.85. The summed E-state index contributed by atoms with van der Waals surface area (Å²) in [7, 11) is 0. The molecule has 1 aliphatic carbocycles. The predicted molar refractivity (Wildman–Crippen MR) is 52.0 cm³/mol. The van der Waals surface area contributed by atoms with Crippen LogP contribution in [-0.2, 0) is 0 Å². The summed E-state index contributed by atoms with van der Waals surface area (Å²) in [6.07, 6.45) is 3.78. The second-order valence-corrected chi connectivity index (χ2v) is 4.51. The third-order valence-corrected chi connectivity index (χ3v) is 2.43. The summed E-state index contributed by atoms with van der Waals surface area (Å²) in [4.78, 5) is 0. The van der Waals surface area contributed by atoms with Crippen LogP contribution >= 0.6 is 12.4 Å². The van der Waals surface area contributed by atoms with Crippen molar-refractivity contribution in [1.29, 1.82) is 0 Å². The lowest BCUT2D eigenvalue weighted by Gasteiger charge is -2.37. The van der Waals surface area contributed by atoms with Crippen LogP contribution in [0.15, 0.2) is 0 Å². The van der Waals surface area contributed by atoms with Gasteiger partial charge in [-0.3, -0.25) is 0 Å². The maximum atomic E-state index is 6.06. The fourth-order valence-electron chi connectivity index (χ4n) is 2.53. The molecule has 0 aromatic rings. The monoisotopic (exact) mass is 177 g/mol. The van der Waals surface area contributed by atoms with Gasteiger partial charge in [-0.15, -0.1) is 12.4 Å². The van der Waals surface area contributed by atoms with Gasteiger partial charge in [0.25, 0.3) is 0 Å². The van der Waals surface area contributed by atoms with Crippen molar-refractivity contribution in [2.75, 3.05) is 0 Å². The van der Waals surface area contributed by atoms with Crippen molar-refractivity contribution in [2.45, 2.75) is 45.6 Å². The molecule has 11 heavy (non-hydrogen) atoms. The molecule has 2 unspecified atom stereocenters. The summed E-state index contributed by atoms with van der Waals surface area (Å²) in [6.45, 7) is 6.79. The van der Waals surface area contributed by atoms with Gasteiger partial charge < -0.3 is 5.73 Å². The van der Waals surface area contributed by atoms with Crippen LogP contribution in [0, 0.1) is 11.8 Å². The highest BCUT2D eigenvalue weighted by atomic mass is 35.5. The number of hydrogen-bond donors (Lipinski definition) is 1. The molecule has 0 heterocycles. The lowest BCUT2D eigenvalue weighted by Crippen LogP contribution is -2.43. The smallest absolute Gasteiger partial charge is 0.0131 e. The first kappa shape index (κ1) is 11.2. The fraction of sp³-hybridized carbons (Fsp3) is 1.00. The first-order valence-corrected chi connectivity index (χ1v) is 4.28. The molecule has 2 heteroatoms. The van der Waals surface area contributed by atoms with Gasteiger partial charge in [0.15, 0.2) is 0 Å². The Balaban J connectivity index is 0.000001000. The second-order valence-electron chi connectivity index (χ2n) is 4.51. The Morgan fingerprint density at radius 3 is 1.82 bits per heavy atom. The molecule has 0 aliphatic heterocycles. The number of hydrogen-bond acceptors (Lipinski definition) is 1. The SMILES string of the molecule is CC1CC(C)CC(C)(N)C1.Cl. The summed E-state index contributed by atoms with van der Waals surface area (Å²) < 4.78 is 0. The van der Waals surface area contributed by atoms with Crippen LogP contribution in [0.1, 0.15) is 40.0 Å². The van der Waals surface area contributed by atoms with Gasteiger partial charge >= 0.3 is 0 Å². The van der Waals surface area contributed by atoms with Crippen LogP contribution in [0.3, 0.4) is 0 Å². The summed E-state index contributed by atoms with van der Waals surface area (Å²) >= 11 is 0. The van der Waals surface area contributed by atoms with Crippen LogP contribution in [0.25, 0.3) is 0 Å². The van der Waals surface area contributed by atoms with Gasteiger partial charge in [0.1, 0.15) is 0 Å². The molecule has 0 aromatic carbocycles. The standard InChI is InChI=1S/C9H19N.ClH/c1-7-4-8(2)6-9(3,10)5-7;/h7-8H,4-6,10H2,1-3H3;1H. The van der Waals surface area contributed by atoms with Gasteiger partial charge in [-0.25, -0.2) is 0 Å². The van der Waals surface area contributed by atoms with Gasteiger partial charge in [-0.1, -0.05) is 13.8 Å². The third kappa shape index (κ3) is 3.44. The van der Waals surface area contributed by atoms with Gasteiger partial charge in [0.2, 0.25) is 0 Å². The second kappa shape index (κ2) is 3.77. The quantitative estimate of drug-likeness (QED) is 0.605. The van der Waals surface area contributed by atoms with Crippen molar-refractivity contribution in [2.24, 2.45) is 17.6 Å². The molecule has 2 N–H and O–H groups in total. The van der Waals surface area contributed by atoms with E-state index in [1.165, 1.54) is 19.3 Å². The van der Waals surface area contributed by atoms with Crippen LogP contribution in [0.5, 0.6) is 0 Å². The van der Waals surface area contributed by atoms with Crippen molar-refractivity contribution < 1.29 is 0 Å². The van der Waals surface area contributed by atoms with Crippen LogP contribution < -0.4 is 5.73 Å². The third-order valence-electron chi connectivity index (χ3n) is 2.43. The van der Waals surface area contributed by atoms with E-state index in [2.05, 4.69) is 20.8 Å². The van der Waals surface area contributed by atoms with E-state index in [-0.39, 0.29) is 17.9 Å². The zero-order valence-electron chi connectivity index (χ0n) is 7.76. The molecule has 2 atom stereocenters. The van der Waals surface area contributed by atoms with Crippen LogP contribution in [0.2, 0.25) is 0 Å². The first-order chi connectivity index (χ1) is 4.49. The maximum absolute atomic E-state index is 6.06. The Hall–Kier alpha value is 0.250. The van der Waals surface area contributed by atoms with Gasteiger partial charge in [-0.05, 0) is 38.0 Å². The molecule has 0 amide bonds. The molecule has 1 aliphatic rings. The molecule has 68 valence electrons. The molecule has 0 aromatic heterocycles. The predicted octanol–water partition coefficient (Wildman–Crippen LogP) is 2.58. The average molecular weight is 178 g/mol. The Morgan fingerprint density at radius 2 is 1.55 bits per heavy atom. The number of rotatable bonds is 0. The number of nitrogens with two attached hydrogens (primary N) is 1. The zero-order valence-corrected chi connectivity index (χ0v) is 8.58. The Kier molecular flexibility index (Phi) is 3.86. The largest absolute Gasteiger partial charge is 0.325 e. The van der Waals surface area contributed by atoms with Crippen molar-refractivity contribution in [1.82, 2.24) is 0 Å². The highest BCUT2D eigenvalue weighted by Gasteiger charge is 2.29. The molecule has 1 saturated carbocycles. The molecule has 0 radical (unpaired) electrons. The minimum Gasteiger partial charge on any atom is -0.325 e. The molecule has 0 bridgehead atoms. The molecule has 1 fully saturated rings. The van der Waals surface area contributed by atoms with E-state index in [0.717, 1.165) is 11.8 Å². The van der Waals surface area contributed by atoms with Crippen LogP contribution in [-0.4, -0.2) is 5.54 Å². The van der Waals surface area contributed by atoms with E-state index in [1.807, 2.05) is 0 Å². The molecule has 0 saturated heterocycles. The molecular formula is C9H20ClN. The van der Waals surface area contributed by atoms with Gasteiger partial charge in [-0.2, -0.15) is 0 Å². The van der Waals surface area contributed by atoms with Gasteiger partial charge in [0, 0.05) is 5.54 Å². The van der Waals surface area contributed by atoms with Crippen molar-refractivity contribution in [3.63, 3.8) is 0 Å². The van der Waals surface area contributed by atoms with Crippen molar-refractivity contribution in [3.05, 3.63) is 0 Å². The topological polar surface area (TPSA) is 26.0 Å². The molecular weight excluding hydrogens is 158 g/mol. The van der Waals surface area contributed by atoms with Crippen molar-refractivity contribution in [3.8, 4) is 0 Å². The normalized spacial score (nSPS) is 44.7. The summed E-state index contributed by atoms with van der Waals surface area (Å²) in [5.74, 6) is 1.66. The van der Waals surface area contributed by atoms with E-state index in [1.54, 1.807) is 0 Å². The summed E-state index contributed by atoms with van der Waals surface area (Å²) in [5.41, 5.74) is 6.18. The Bertz CT molecular complexity index is 111. The van der Waals surface area contributed by atoms with Gasteiger partial charge in [0.05, 0.1) is 0 Å². The van der Waals surface area contributed by atoms with Crippen LogP contribution in [0.4, 0.5) is 0 Å². The van der Waals surface area contributed by atoms with Crippen molar-refractivity contribution >= 4 is 12.4 Å². The van der Waals surface area contributed by atoms with E-state index in [9.17, 15) is 0 Å². The molecule has 1 rings (SSSR count).